The minimum absolute atomic E-state index is 0.409. The first-order valence-corrected chi connectivity index (χ1v) is 4.80. The van der Waals surface area contributed by atoms with Crippen LogP contribution in [0.3, 0.4) is 0 Å². The number of hydrogen-bond acceptors (Lipinski definition) is 4. The van der Waals surface area contributed by atoms with Crippen LogP contribution >= 0.6 is 0 Å². The molecule has 4 nitrogen and oxygen atoms in total. The van der Waals surface area contributed by atoms with Gasteiger partial charge in [0.15, 0.2) is 5.82 Å². The molecule has 14 heavy (non-hydrogen) atoms. The van der Waals surface area contributed by atoms with Crippen molar-refractivity contribution >= 4 is 11.5 Å². The van der Waals surface area contributed by atoms with Gasteiger partial charge >= 0.3 is 0 Å². The Morgan fingerprint density at radius 2 is 2.50 bits per heavy atom. The number of hydrogen-bond donors (Lipinski definition) is 1. The van der Waals surface area contributed by atoms with Gasteiger partial charge in [0.2, 0.25) is 0 Å². The number of anilines is 2. The molecule has 1 aliphatic heterocycles. The summed E-state index contributed by atoms with van der Waals surface area (Å²) in [5, 5.41) is 0. The Bertz CT molecular complexity index is 310. The minimum atomic E-state index is 0.409. The van der Waals surface area contributed by atoms with E-state index in [1.54, 1.807) is 6.20 Å². The van der Waals surface area contributed by atoms with Crippen LogP contribution in [0.15, 0.2) is 18.3 Å². The highest BCUT2D eigenvalue weighted by molar-refractivity contribution is 5.62. The van der Waals surface area contributed by atoms with E-state index in [1.165, 1.54) is 0 Å². The standard InChI is InChI=1S/C10H15N3O/c1-13(8-4-6-14-7-8)10-9(11)3-2-5-12-10/h2-3,5,8H,4,6-7,11H2,1H3. The number of likely N-dealkylation sites (N-methyl/N-ethyl adjacent to an activating group) is 1. The van der Waals surface area contributed by atoms with Gasteiger partial charge < -0.3 is 15.4 Å². The van der Waals surface area contributed by atoms with Gasteiger partial charge in [-0.15, -0.1) is 0 Å². The van der Waals surface area contributed by atoms with Crippen molar-refractivity contribution in [1.29, 1.82) is 0 Å². The lowest BCUT2D eigenvalue weighted by atomic mass is 10.2. The Morgan fingerprint density at radius 1 is 1.64 bits per heavy atom. The second-order valence-corrected chi connectivity index (χ2v) is 3.54. The third kappa shape index (κ3) is 1.65. The summed E-state index contributed by atoms with van der Waals surface area (Å²) >= 11 is 0. The second-order valence-electron chi connectivity index (χ2n) is 3.54. The van der Waals surface area contributed by atoms with Crippen molar-refractivity contribution in [2.24, 2.45) is 0 Å². The largest absolute Gasteiger partial charge is 0.396 e. The van der Waals surface area contributed by atoms with E-state index in [1.807, 2.05) is 19.2 Å². The van der Waals surface area contributed by atoms with Gasteiger partial charge in [-0.25, -0.2) is 4.98 Å². The normalized spacial score (nSPS) is 21.1. The van der Waals surface area contributed by atoms with Gasteiger partial charge in [-0.05, 0) is 18.6 Å². The van der Waals surface area contributed by atoms with Gasteiger partial charge in [-0.1, -0.05) is 0 Å². The fourth-order valence-electron chi connectivity index (χ4n) is 1.70. The number of nitrogen functional groups attached to an aromatic ring is 1. The smallest absolute Gasteiger partial charge is 0.151 e. The molecule has 1 aromatic rings. The molecule has 0 bridgehead atoms. The number of aromatic nitrogens is 1. The number of rotatable bonds is 2. The molecular formula is C10H15N3O. The van der Waals surface area contributed by atoms with Gasteiger partial charge in [0.1, 0.15) is 0 Å². The van der Waals surface area contributed by atoms with Crippen LogP contribution in [0, 0.1) is 0 Å². The quantitative estimate of drug-likeness (QED) is 0.757. The average Bonchev–Trinajstić information content (AvgIpc) is 2.70. The molecule has 76 valence electrons. The Balaban J connectivity index is 2.17. The number of nitrogens with zero attached hydrogens (tertiary/aromatic N) is 2. The highest BCUT2D eigenvalue weighted by Crippen LogP contribution is 2.22. The lowest BCUT2D eigenvalue weighted by Gasteiger charge is -2.25. The summed E-state index contributed by atoms with van der Waals surface area (Å²) in [6.07, 6.45) is 2.81. The van der Waals surface area contributed by atoms with Gasteiger partial charge in [-0.3, -0.25) is 0 Å². The molecule has 1 atom stereocenters. The van der Waals surface area contributed by atoms with E-state index in [2.05, 4.69) is 9.88 Å². The Hall–Kier alpha value is -1.29. The molecule has 1 saturated heterocycles. The van der Waals surface area contributed by atoms with Crippen molar-refractivity contribution in [1.82, 2.24) is 4.98 Å². The van der Waals surface area contributed by atoms with Gasteiger partial charge in [0.05, 0.1) is 18.3 Å². The molecule has 0 amide bonds. The van der Waals surface area contributed by atoms with Crippen molar-refractivity contribution in [3.05, 3.63) is 18.3 Å². The van der Waals surface area contributed by atoms with Gasteiger partial charge in [0, 0.05) is 19.9 Å². The molecule has 2 N–H and O–H groups in total. The van der Waals surface area contributed by atoms with Crippen LogP contribution in [0.25, 0.3) is 0 Å². The average molecular weight is 193 g/mol. The maximum atomic E-state index is 5.84. The zero-order valence-electron chi connectivity index (χ0n) is 8.31. The number of ether oxygens (including phenoxy) is 1. The lowest BCUT2D eigenvalue weighted by molar-refractivity contribution is 0.193. The third-order valence-electron chi connectivity index (χ3n) is 2.60. The van der Waals surface area contributed by atoms with Crippen LogP contribution in [0.5, 0.6) is 0 Å². The van der Waals surface area contributed by atoms with Crippen molar-refractivity contribution in [2.75, 3.05) is 30.9 Å². The van der Waals surface area contributed by atoms with Crippen LogP contribution < -0.4 is 10.6 Å². The molecule has 1 aliphatic rings. The molecule has 2 heterocycles. The summed E-state index contributed by atoms with van der Waals surface area (Å²) in [6, 6.07) is 4.12. The fraction of sp³-hybridized carbons (Fsp3) is 0.500. The monoisotopic (exact) mass is 193 g/mol. The maximum Gasteiger partial charge on any atom is 0.151 e. The first-order valence-electron chi connectivity index (χ1n) is 4.80. The fourth-order valence-corrected chi connectivity index (χ4v) is 1.70. The molecule has 0 aliphatic carbocycles. The Labute approximate surface area is 83.7 Å². The molecular weight excluding hydrogens is 178 g/mol. The minimum Gasteiger partial charge on any atom is -0.396 e. The topological polar surface area (TPSA) is 51.4 Å². The Kier molecular flexibility index (Phi) is 2.54. The van der Waals surface area contributed by atoms with E-state index in [0.29, 0.717) is 6.04 Å². The van der Waals surface area contributed by atoms with Crippen LogP contribution in [0.1, 0.15) is 6.42 Å². The number of nitrogens with two attached hydrogens (primary N) is 1. The molecule has 1 aromatic heterocycles. The summed E-state index contributed by atoms with van der Waals surface area (Å²) in [4.78, 5) is 6.37. The second kappa shape index (κ2) is 3.84. The van der Waals surface area contributed by atoms with Crippen molar-refractivity contribution in [3.63, 3.8) is 0 Å². The van der Waals surface area contributed by atoms with Gasteiger partial charge in [-0.2, -0.15) is 0 Å². The first kappa shape index (κ1) is 9.27. The highest BCUT2D eigenvalue weighted by atomic mass is 16.5. The van der Waals surface area contributed by atoms with Crippen molar-refractivity contribution in [3.8, 4) is 0 Å². The lowest BCUT2D eigenvalue weighted by Crippen LogP contribution is -2.32. The molecule has 1 fully saturated rings. The molecule has 0 radical (unpaired) electrons. The SMILES string of the molecule is CN(c1ncccc1N)C1CCOC1. The molecule has 1 unspecified atom stereocenters. The van der Waals surface area contributed by atoms with E-state index in [9.17, 15) is 0 Å². The van der Waals surface area contributed by atoms with Crippen LogP contribution in [-0.4, -0.2) is 31.3 Å². The third-order valence-corrected chi connectivity index (χ3v) is 2.60. The summed E-state index contributed by atoms with van der Waals surface area (Å²) in [5.74, 6) is 0.850. The Morgan fingerprint density at radius 3 is 3.14 bits per heavy atom. The molecule has 2 rings (SSSR count). The predicted octanol–water partition coefficient (Wildman–Crippen LogP) is 0.889. The van der Waals surface area contributed by atoms with E-state index in [0.717, 1.165) is 31.1 Å². The number of pyridine rings is 1. The maximum absolute atomic E-state index is 5.84. The zero-order valence-corrected chi connectivity index (χ0v) is 8.31. The molecule has 0 spiro atoms. The summed E-state index contributed by atoms with van der Waals surface area (Å²) in [5.41, 5.74) is 6.57. The van der Waals surface area contributed by atoms with E-state index in [-0.39, 0.29) is 0 Å². The molecule has 0 saturated carbocycles. The van der Waals surface area contributed by atoms with E-state index < -0.39 is 0 Å². The summed E-state index contributed by atoms with van der Waals surface area (Å²) in [7, 11) is 2.01. The van der Waals surface area contributed by atoms with Crippen LogP contribution in [0.4, 0.5) is 11.5 Å². The molecule has 0 aromatic carbocycles. The van der Waals surface area contributed by atoms with Crippen molar-refractivity contribution in [2.45, 2.75) is 12.5 Å². The predicted molar refractivity (Wildman–Crippen MR) is 56.3 cm³/mol. The summed E-state index contributed by atoms with van der Waals surface area (Å²) < 4.78 is 5.33. The van der Waals surface area contributed by atoms with E-state index in [4.69, 9.17) is 10.5 Å². The van der Waals surface area contributed by atoms with Crippen molar-refractivity contribution < 1.29 is 4.74 Å². The van der Waals surface area contributed by atoms with Crippen LogP contribution in [0.2, 0.25) is 0 Å². The van der Waals surface area contributed by atoms with Gasteiger partial charge in [0.25, 0.3) is 0 Å². The summed E-state index contributed by atoms with van der Waals surface area (Å²) in [6.45, 7) is 1.61. The van der Waals surface area contributed by atoms with Crippen LogP contribution in [-0.2, 0) is 4.74 Å². The zero-order chi connectivity index (χ0) is 9.97. The molecule has 4 heteroatoms. The van der Waals surface area contributed by atoms with E-state index >= 15 is 0 Å². The first-order chi connectivity index (χ1) is 6.79. The highest BCUT2D eigenvalue weighted by Gasteiger charge is 2.22.